The second-order valence-electron chi connectivity index (χ2n) is 10.4. The molecule has 2 aromatic carbocycles. The van der Waals surface area contributed by atoms with Crippen molar-refractivity contribution < 1.29 is 30.7 Å². The molecule has 0 saturated heterocycles. The summed E-state index contributed by atoms with van der Waals surface area (Å²) in [5, 5.41) is 0. The maximum Gasteiger partial charge on any atom is 0.422 e. The van der Waals surface area contributed by atoms with E-state index < -0.39 is 62.5 Å². The summed E-state index contributed by atoms with van der Waals surface area (Å²) in [4.78, 5) is 9.18. The number of halogens is 7. The summed E-state index contributed by atoms with van der Waals surface area (Å²) in [6.07, 6.45) is -5.44. The minimum Gasteiger partial charge on any atom is -0.256 e. The molecule has 0 spiro atoms. The van der Waals surface area contributed by atoms with Crippen molar-refractivity contribution in [2.45, 2.75) is 44.7 Å². The summed E-state index contributed by atoms with van der Waals surface area (Å²) >= 11 is 0. The van der Waals surface area contributed by atoms with Crippen molar-refractivity contribution in [3.63, 3.8) is 0 Å². The van der Waals surface area contributed by atoms with Crippen molar-refractivity contribution >= 4 is 0 Å². The Balaban J connectivity index is 2.00. The Kier molecular flexibility index (Phi) is 5.71. The first kappa shape index (κ1) is 25.9. The third-order valence-electron chi connectivity index (χ3n) is 7.20. The third kappa shape index (κ3) is 3.87. The van der Waals surface area contributed by atoms with Crippen LogP contribution in [0.3, 0.4) is 0 Å². The lowest BCUT2D eigenvalue weighted by Gasteiger charge is -2.30. The number of hydrogen-bond acceptors (Lipinski definition) is 2. The Bertz CT molecular complexity index is 1600. The molecule has 3 heterocycles. The van der Waals surface area contributed by atoms with Crippen LogP contribution in [-0.2, 0) is 17.0 Å². The highest BCUT2D eigenvalue weighted by Gasteiger charge is 2.41. The summed E-state index contributed by atoms with van der Waals surface area (Å²) < 4.78 is 103. The Morgan fingerprint density at radius 2 is 1.16 bits per heavy atom. The van der Waals surface area contributed by atoms with Crippen LogP contribution in [0.5, 0.6) is 0 Å². The second kappa shape index (κ2) is 8.38. The van der Waals surface area contributed by atoms with Crippen molar-refractivity contribution in [2.75, 3.05) is 0 Å². The van der Waals surface area contributed by atoms with Crippen LogP contribution < -0.4 is 0 Å². The van der Waals surface area contributed by atoms with Gasteiger partial charge in [0, 0.05) is 39.2 Å². The molecular weight excluding hydrogens is 509 g/mol. The van der Waals surface area contributed by atoms with Crippen LogP contribution in [-0.4, -0.2) is 9.97 Å². The zero-order chi connectivity index (χ0) is 27.8. The van der Waals surface area contributed by atoms with Gasteiger partial charge in [0.2, 0.25) is 0 Å². The maximum atomic E-state index is 15.4. The maximum absolute atomic E-state index is 15.4. The number of alkyl halides is 3. The minimum absolute atomic E-state index is 0.121. The Morgan fingerprint density at radius 1 is 0.605 bits per heavy atom. The number of aromatic nitrogens is 2. The van der Waals surface area contributed by atoms with E-state index in [2.05, 4.69) is 4.98 Å². The molecule has 0 atom stereocenters. The van der Waals surface area contributed by atoms with Crippen molar-refractivity contribution in [3.8, 4) is 22.4 Å². The number of nitrogens with zero attached hydrogens (tertiary/aromatic N) is 2. The van der Waals surface area contributed by atoms with Crippen molar-refractivity contribution in [1.82, 2.24) is 9.97 Å². The first-order valence-corrected chi connectivity index (χ1v) is 11.7. The lowest BCUT2D eigenvalue weighted by Crippen LogP contribution is -2.27. The first-order valence-electron chi connectivity index (χ1n) is 11.7. The smallest absolute Gasteiger partial charge is 0.256 e. The highest BCUT2D eigenvalue weighted by molar-refractivity contribution is 5.75. The normalized spacial score (nSPS) is 15.7. The zero-order valence-electron chi connectivity index (χ0n) is 20.7. The molecule has 1 aliphatic heterocycles. The molecule has 4 aromatic rings. The van der Waals surface area contributed by atoms with E-state index in [1.54, 1.807) is 52.0 Å². The van der Waals surface area contributed by atoms with Gasteiger partial charge in [-0.25, -0.2) is 17.6 Å². The van der Waals surface area contributed by atoms with Gasteiger partial charge in [-0.2, -0.15) is 13.2 Å². The number of fused-ring (bicyclic) bond motifs is 10. The highest BCUT2D eigenvalue weighted by Crippen LogP contribution is 2.44. The van der Waals surface area contributed by atoms with Crippen LogP contribution in [0.2, 0.25) is 0 Å². The molecule has 0 N–H and O–H groups in total. The van der Waals surface area contributed by atoms with Gasteiger partial charge in [0.05, 0.1) is 22.8 Å². The van der Waals surface area contributed by atoms with E-state index in [-0.39, 0.29) is 11.3 Å². The van der Waals surface area contributed by atoms with E-state index in [9.17, 15) is 13.2 Å². The molecule has 2 aromatic heterocycles. The molecule has 0 saturated carbocycles. The fourth-order valence-corrected chi connectivity index (χ4v) is 4.84. The standard InChI is InChI=1S/C29H21F7N2/c1-27(2)17-12-14(18(30)13-19(17)31)15-11-16(26(33)24(25(15)32)29(34,35)36)20-7-5-8-22(37-20)28(3,4)23-10-6-9-21(27)38-23/h5-13H,1-4H3. The first-order chi connectivity index (χ1) is 17.6. The average Bonchev–Trinajstić information content (AvgIpc) is 2.83. The fraction of sp³-hybridized carbons (Fsp3) is 0.241. The third-order valence-corrected chi connectivity index (χ3v) is 7.20. The fourth-order valence-electron chi connectivity index (χ4n) is 4.84. The molecule has 1 aliphatic rings. The van der Waals surface area contributed by atoms with Crippen molar-refractivity contribution in [3.05, 3.63) is 106 Å². The average molecular weight is 530 g/mol. The second-order valence-corrected chi connectivity index (χ2v) is 10.4. The van der Waals surface area contributed by atoms with Crippen LogP contribution in [0.25, 0.3) is 22.4 Å². The van der Waals surface area contributed by atoms with Crippen molar-refractivity contribution in [2.24, 2.45) is 0 Å². The molecule has 0 amide bonds. The molecular formula is C29H21F7N2. The number of rotatable bonds is 0. The van der Waals surface area contributed by atoms with Gasteiger partial charge in [0.1, 0.15) is 28.8 Å². The summed E-state index contributed by atoms with van der Waals surface area (Å²) in [5.74, 6) is -6.17. The quantitative estimate of drug-likeness (QED) is 0.214. The zero-order valence-corrected chi connectivity index (χ0v) is 20.7. The van der Waals surface area contributed by atoms with E-state index in [1.165, 1.54) is 12.1 Å². The van der Waals surface area contributed by atoms with Crippen molar-refractivity contribution in [1.29, 1.82) is 0 Å². The van der Waals surface area contributed by atoms with Gasteiger partial charge >= 0.3 is 6.18 Å². The van der Waals surface area contributed by atoms with Gasteiger partial charge in [-0.3, -0.25) is 9.97 Å². The lowest BCUT2D eigenvalue weighted by atomic mass is 9.78. The molecule has 5 rings (SSSR count). The molecule has 196 valence electrons. The molecule has 38 heavy (non-hydrogen) atoms. The van der Waals surface area contributed by atoms with E-state index in [0.29, 0.717) is 23.1 Å². The predicted octanol–water partition coefficient (Wildman–Crippen LogP) is 8.35. The molecule has 8 bridgehead atoms. The van der Waals surface area contributed by atoms with Gasteiger partial charge in [0.15, 0.2) is 0 Å². The highest BCUT2D eigenvalue weighted by atomic mass is 19.4. The molecule has 0 aliphatic carbocycles. The van der Waals surface area contributed by atoms with Gasteiger partial charge in [-0.15, -0.1) is 0 Å². The van der Waals surface area contributed by atoms with E-state index in [1.807, 2.05) is 0 Å². The topological polar surface area (TPSA) is 25.8 Å². The van der Waals surface area contributed by atoms with E-state index >= 15 is 17.6 Å². The lowest BCUT2D eigenvalue weighted by molar-refractivity contribution is -0.142. The van der Waals surface area contributed by atoms with E-state index in [0.717, 1.165) is 12.1 Å². The number of hydrogen-bond donors (Lipinski definition) is 0. The molecule has 2 nitrogen and oxygen atoms in total. The molecule has 0 unspecified atom stereocenters. The Morgan fingerprint density at radius 3 is 1.79 bits per heavy atom. The van der Waals surface area contributed by atoms with Gasteiger partial charge in [0.25, 0.3) is 0 Å². The monoisotopic (exact) mass is 530 g/mol. The molecule has 9 heteroatoms. The van der Waals surface area contributed by atoms with Crippen LogP contribution in [0.1, 0.15) is 55.9 Å². The van der Waals surface area contributed by atoms with Gasteiger partial charge in [-0.05, 0) is 50.2 Å². The summed E-state index contributed by atoms with van der Waals surface area (Å²) in [6.45, 7) is 6.80. The van der Waals surface area contributed by atoms with Gasteiger partial charge in [-0.1, -0.05) is 26.0 Å². The van der Waals surface area contributed by atoms with Crippen LogP contribution in [0.15, 0.2) is 54.6 Å². The summed E-state index contributed by atoms with van der Waals surface area (Å²) in [6, 6.07) is 11.7. The van der Waals surface area contributed by atoms with Crippen LogP contribution in [0.4, 0.5) is 30.7 Å². The largest absolute Gasteiger partial charge is 0.422 e. The molecule has 0 fully saturated rings. The Labute approximate surface area is 214 Å². The Hall–Kier alpha value is -3.75. The van der Waals surface area contributed by atoms with Crippen LogP contribution >= 0.6 is 0 Å². The molecule has 0 radical (unpaired) electrons. The minimum atomic E-state index is -5.44. The van der Waals surface area contributed by atoms with E-state index in [4.69, 9.17) is 4.98 Å². The number of pyridine rings is 2. The summed E-state index contributed by atoms with van der Waals surface area (Å²) in [5.41, 5.74) is -5.57. The van der Waals surface area contributed by atoms with Gasteiger partial charge < -0.3 is 0 Å². The predicted molar refractivity (Wildman–Crippen MR) is 128 cm³/mol. The SMILES string of the molecule is CC1(C)c2cccc(n2)-c2cc(c(F)c(C(F)(F)F)c2F)-c2cc(c(F)cc2F)C(C)(C)c2cccc1n2. The van der Waals surface area contributed by atoms with Crippen LogP contribution in [0, 0.1) is 23.3 Å². The summed E-state index contributed by atoms with van der Waals surface area (Å²) in [7, 11) is 0. The number of benzene rings is 2.